The predicted octanol–water partition coefficient (Wildman–Crippen LogP) is 2.91. The molecule has 1 N–H and O–H groups in total. The standard InChI is InChI=1S/C12H10N4O2S3/c17-9(14-11-13-3-5-20-11)7-21-12-16-15-10(18-12)6-8-2-1-4-19-8/h1-5H,6-7H2,(H,13,14,17). The monoisotopic (exact) mass is 338 g/mol. The highest BCUT2D eigenvalue weighted by Gasteiger charge is 2.11. The Morgan fingerprint density at radius 2 is 2.29 bits per heavy atom. The smallest absolute Gasteiger partial charge is 0.277 e. The average molecular weight is 338 g/mol. The number of amides is 1. The number of rotatable bonds is 6. The van der Waals surface area contributed by atoms with Crippen molar-refractivity contribution in [3.8, 4) is 0 Å². The summed E-state index contributed by atoms with van der Waals surface area (Å²) < 4.78 is 5.50. The molecule has 3 rings (SSSR count). The Bertz CT molecular complexity index is 694. The zero-order valence-electron chi connectivity index (χ0n) is 10.7. The number of hydrogen-bond donors (Lipinski definition) is 1. The van der Waals surface area contributed by atoms with Gasteiger partial charge in [0, 0.05) is 16.5 Å². The van der Waals surface area contributed by atoms with Crippen molar-refractivity contribution < 1.29 is 9.21 Å². The van der Waals surface area contributed by atoms with Gasteiger partial charge >= 0.3 is 0 Å². The summed E-state index contributed by atoms with van der Waals surface area (Å²) in [4.78, 5) is 16.8. The molecule has 0 unspecified atom stereocenters. The molecule has 0 fully saturated rings. The van der Waals surface area contributed by atoms with E-state index >= 15 is 0 Å². The first kappa shape index (κ1) is 14.2. The van der Waals surface area contributed by atoms with E-state index in [1.165, 1.54) is 23.1 Å². The first-order chi connectivity index (χ1) is 10.3. The molecule has 3 aromatic heterocycles. The number of thioether (sulfide) groups is 1. The number of nitrogens with zero attached hydrogens (tertiary/aromatic N) is 3. The van der Waals surface area contributed by atoms with Crippen LogP contribution < -0.4 is 5.32 Å². The summed E-state index contributed by atoms with van der Waals surface area (Å²) in [5.41, 5.74) is 0. The highest BCUT2D eigenvalue weighted by molar-refractivity contribution is 7.99. The Kier molecular flexibility index (Phi) is 4.63. The number of carbonyl (C=O) groups is 1. The van der Waals surface area contributed by atoms with Crippen LogP contribution in [0, 0.1) is 0 Å². The van der Waals surface area contributed by atoms with Crippen LogP contribution in [0.4, 0.5) is 5.13 Å². The SMILES string of the molecule is O=C(CSc1nnc(Cc2cccs2)o1)Nc1nccs1. The van der Waals surface area contributed by atoms with E-state index in [0.29, 0.717) is 22.7 Å². The molecule has 3 heterocycles. The van der Waals surface area contributed by atoms with Gasteiger partial charge in [-0.1, -0.05) is 17.8 Å². The van der Waals surface area contributed by atoms with Crippen molar-refractivity contribution in [1.82, 2.24) is 15.2 Å². The summed E-state index contributed by atoms with van der Waals surface area (Å²) in [6.45, 7) is 0. The minimum absolute atomic E-state index is 0.145. The molecule has 6 nitrogen and oxygen atoms in total. The second kappa shape index (κ2) is 6.83. The predicted molar refractivity (Wildman–Crippen MR) is 82.9 cm³/mol. The third-order valence-corrected chi connectivity index (χ3v) is 4.74. The Hall–Kier alpha value is -1.71. The van der Waals surface area contributed by atoms with E-state index in [-0.39, 0.29) is 11.7 Å². The number of anilines is 1. The van der Waals surface area contributed by atoms with Gasteiger partial charge in [-0.25, -0.2) is 4.98 Å². The molecule has 21 heavy (non-hydrogen) atoms. The van der Waals surface area contributed by atoms with Gasteiger partial charge in [-0.2, -0.15) is 0 Å². The second-order valence-corrected chi connectivity index (χ2v) is 6.75. The molecule has 0 saturated carbocycles. The van der Waals surface area contributed by atoms with Gasteiger partial charge in [-0.05, 0) is 11.4 Å². The number of hydrogen-bond acceptors (Lipinski definition) is 8. The Morgan fingerprint density at radius 1 is 1.33 bits per heavy atom. The first-order valence-corrected chi connectivity index (χ1v) is 8.71. The summed E-state index contributed by atoms with van der Waals surface area (Å²) in [5, 5.41) is 15.4. The molecule has 0 radical (unpaired) electrons. The lowest BCUT2D eigenvalue weighted by molar-refractivity contribution is -0.113. The van der Waals surface area contributed by atoms with Gasteiger partial charge in [0.25, 0.3) is 5.22 Å². The highest BCUT2D eigenvalue weighted by atomic mass is 32.2. The molecule has 9 heteroatoms. The summed E-state index contributed by atoms with van der Waals surface area (Å²) in [7, 11) is 0. The first-order valence-electron chi connectivity index (χ1n) is 5.96. The molecule has 3 aromatic rings. The number of aromatic nitrogens is 3. The van der Waals surface area contributed by atoms with E-state index in [0.717, 1.165) is 4.88 Å². The number of thiophene rings is 1. The van der Waals surface area contributed by atoms with Crippen LogP contribution in [0.25, 0.3) is 0 Å². The Labute approximate surface area is 132 Å². The lowest BCUT2D eigenvalue weighted by atomic mass is 10.3. The van der Waals surface area contributed by atoms with Crippen molar-refractivity contribution >= 4 is 45.5 Å². The van der Waals surface area contributed by atoms with E-state index < -0.39 is 0 Å². The third kappa shape index (κ3) is 4.13. The van der Waals surface area contributed by atoms with Gasteiger partial charge < -0.3 is 9.73 Å². The molecular formula is C12H10N4O2S3. The molecule has 0 saturated heterocycles. The van der Waals surface area contributed by atoms with E-state index in [9.17, 15) is 4.79 Å². The van der Waals surface area contributed by atoms with Crippen LogP contribution in [0.15, 0.2) is 38.7 Å². The van der Waals surface area contributed by atoms with Crippen molar-refractivity contribution in [2.24, 2.45) is 0 Å². The van der Waals surface area contributed by atoms with E-state index in [2.05, 4.69) is 20.5 Å². The molecule has 0 aromatic carbocycles. The summed E-state index contributed by atoms with van der Waals surface area (Å²) in [6.07, 6.45) is 2.26. The number of nitrogens with one attached hydrogen (secondary N) is 1. The molecule has 0 bridgehead atoms. The topological polar surface area (TPSA) is 80.9 Å². The zero-order chi connectivity index (χ0) is 14.5. The Morgan fingerprint density at radius 3 is 3.05 bits per heavy atom. The molecule has 0 aliphatic rings. The number of thiazole rings is 1. The van der Waals surface area contributed by atoms with Gasteiger partial charge in [-0.15, -0.1) is 32.9 Å². The fraction of sp³-hybridized carbons (Fsp3) is 0.167. The van der Waals surface area contributed by atoms with Crippen molar-refractivity contribution in [1.29, 1.82) is 0 Å². The minimum atomic E-state index is -0.145. The average Bonchev–Trinajstić information content (AvgIpc) is 3.19. The van der Waals surface area contributed by atoms with Crippen LogP contribution in [0.2, 0.25) is 0 Å². The fourth-order valence-corrected chi connectivity index (χ4v) is 3.32. The van der Waals surface area contributed by atoms with E-state index in [1.54, 1.807) is 22.9 Å². The van der Waals surface area contributed by atoms with E-state index in [1.807, 2.05) is 17.5 Å². The molecule has 0 aliphatic heterocycles. The van der Waals surface area contributed by atoms with Gasteiger partial charge in [-0.3, -0.25) is 4.79 Å². The molecular weight excluding hydrogens is 328 g/mol. The lowest BCUT2D eigenvalue weighted by Crippen LogP contribution is -2.13. The van der Waals surface area contributed by atoms with Crippen LogP contribution in [-0.2, 0) is 11.2 Å². The maximum Gasteiger partial charge on any atom is 0.277 e. The summed E-state index contributed by atoms with van der Waals surface area (Å²) >= 11 is 4.23. The zero-order valence-corrected chi connectivity index (χ0v) is 13.1. The third-order valence-electron chi connectivity index (χ3n) is 2.36. The van der Waals surface area contributed by atoms with Crippen molar-refractivity contribution in [3.05, 3.63) is 39.9 Å². The molecule has 0 spiro atoms. The van der Waals surface area contributed by atoms with Gasteiger partial charge in [0.2, 0.25) is 11.8 Å². The van der Waals surface area contributed by atoms with Crippen molar-refractivity contribution in [2.75, 3.05) is 11.1 Å². The maximum atomic E-state index is 11.7. The maximum absolute atomic E-state index is 11.7. The molecule has 1 amide bonds. The van der Waals surface area contributed by atoms with Crippen LogP contribution in [0.3, 0.4) is 0 Å². The van der Waals surface area contributed by atoms with Crippen LogP contribution in [0.5, 0.6) is 0 Å². The quantitative estimate of drug-likeness (QED) is 0.696. The summed E-state index contributed by atoms with van der Waals surface area (Å²) in [5.74, 6) is 0.619. The number of carbonyl (C=O) groups excluding carboxylic acids is 1. The lowest BCUT2D eigenvalue weighted by Gasteiger charge is -1.98. The minimum Gasteiger partial charge on any atom is -0.416 e. The molecule has 0 atom stereocenters. The normalized spacial score (nSPS) is 10.7. The van der Waals surface area contributed by atoms with Gasteiger partial charge in [0.1, 0.15) is 0 Å². The van der Waals surface area contributed by atoms with Crippen molar-refractivity contribution in [3.63, 3.8) is 0 Å². The molecule has 108 valence electrons. The van der Waals surface area contributed by atoms with Crippen LogP contribution in [-0.4, -0.2) is 26.8 Å². The molecule has 0 aliphatic carbocycles. The van der Waals surface area contributed by atoms with Crippen LogP contribution in [0.1, 0.15) is 10.8 Å². The van der Waals surface area contributed by atoms with Crippen molar-refractivity contribution in [2.45, 2.75) is 11.6 Å². The van der Waals surface area contributed by atoms with Crippen LogP contribution >= 0.6 is 34.4 Å². The summed E-state index contributed by atoms with van der Waals surface area (Å²) in [6, 6.07) is 4.00. The second-order valence-electron chi connectivity index (χ2n) is 3.89. The largest absolute Gasteiger partial charge is 0.416 e. The fourth-order valence-electron chi connectivity index (χ4n) is 1.50. The van der Waals surface area contributed by atoms with E-state index in [4.69, 9.17) is 4.42 Å². The highest BCUT2D eigenvalue weighted by Crippen LogP contribution is 2.20. The van der Waals surface area contributed by atoms with Gasteiger partial charge in [0.05, 0.1) is 12.2 Å². The Balaban J connectivity index is 1.49. The van der Waals surface area contributed by atoms with Gasteiger partial charge in [0.15, 0.2) is 5.13 Å².